The first kappa shape index (κ1) is 19.8. The molecule has 0 saturated heterocycles. The Kier molecular flexibility index (Phi) is 5.61. The standard InChI is InChI=1S/C16H8F6N2OS/c17-15(18,19)10-3-6-13(24-8-10)12(7-23)14(25)9-1-4-11(5-2-9)26-16(20,21)22/h1-6,8,12H. The second-order valence-electron chi connectivity index (χ2n) is 4.97. The lowest BCUT2D eigenvalue weighted by Crippen LogP contribution is -2.14. The zero-order valence-corrected chi connectivity index (χ0v) is 13.4. The van der Waals surface area contributed by atoms with Crippen LogP contribution in [0.1, 0.15) is 27.5 Å². The summed E-state index contributed by atoms with van der Waals surface area (Å²) < 4.78 is 74.4. The summed E-state index contributed by atoms with van der Waals surface area (Å²) in [4.78, 5) is 15.7. The van der Waals surface area contributed by atoms with Gasteiger partial charge < -0.3 is 0 Å². The van der Waals surface area contributed by atoms with Crippen molar-refractivity contribution in [2.75, 3.05) is 0 Å². The highest BCUT2D eigenvalue weighted by atomic mass is 32.2. The zero-order chi connectivity index (χ0) is 19.5. The molecule has 1 aromatic heterocycles. The minimum Gasteiger partial charge on any atom is -0.292 e. The van der Waals surface area contributed by atoms with Gasteiger partial charge in [0.2, 0.25) is 0 Å². The Morgan fingerprint density at radius 1 is 1.04 bits per heavy atom. The Morgan fingerprint density at radius 3 is 2.08 bits per heavy atom. The highest BCUT2D eigenvalue weighted by Crippen LogP contribution is 2.37. The lowest BCUT2D eigenvalue weighted by Gasteiger charge is -2.11. The van der Waals surface area contributed by atoms with Gasteiger partial charge in [0.05, 0.1) is 17.3 Å². The molecule has 0 radical (unpaired) electrons. The molecule has 0 fully saturated rings. The Hall–Kier alpha value is -2.54. The molecule has 0 aliphatic carbocycles. The Bertz CT molecular complexity index is 822. The van der Waals surface area contributed by atoms with Crippen LogP contribution in [-0.4, -0.2) is 16.3 Å². The van der Waals surface area contributed by atoms with Gasteiger partial charge in [-0.3, -0.25) is 9.78 Å². The summed E-state index contributed by atoms with van der Waals surface area (Å²) in [5.74, 6) is -2.25. The van der Waals surface area contributed by atoms with E-state index in [0.717, 1.165) is 30.3 Å². The van der Waals surface area contributed by atoms with Crippen LogP contribution >= 0.6 is 11.8 Å². The highest BCUT2D eigenvalue weighted by molar-refractivity contribution is 8.00. The number of benzene rings is 1. The summed E-state index contributed by atoms with van der Waals surface area (Å²) >= 11 is -0.360. The first-order valence-electron chi connectivity index (χ1n) is 6.84. The SMILES string of the molecule is N#CC(C(=O)c1ccc(SC(F)(F)F)cc1)c1ccc(C(F)(F)F)cn1. The third-order valence-corrected chi connectivity index (χ3v) is 3.91. The van der Waals surface area contributed by atoms with Gasteiger partial charge >= 0.3 is 11.7 Å². The van der Waals surface area contributed by atoms with Crippen LogP contribution in [0.4, 0.5) is 26.3 Å². The third-order valence-electron chi connectivity index (χ3n) is 3.17. The third kappa shape index (κ3) is 4.98. The van der Waals surface area contributed by atoms with Crippen LogP contribution in [0.2, 0.25) is 0 Å². The van der Waals surface area contributed by atoms with E-state index in [1.54, 1.807) is 6.07 Å². The van der Waals surface area contributed by atoms with Crippen molar-refractivity contribution >= 4 is 17.5 Å². The van der Waals surface area contributed by atoms with E-state index in [-0.39, 0.29) is 27.9 Å². The van der Waals surface area contributed by atoms with Crippen molar-refractivity contribution in [1.82, 2.24) is 4.98 Å². The summed E-state index contributed by atoms with van der Waals surface area (Å²) in [5.41, 5.74) is -5.74. The summed E-state index contributed by atoms with van der Waals surface area (Å²) in [6, 6.07) is 7.64. The summed E-state index contributed by atoms with van der Waals surface area (Å²) in [5, 5.41) is 9.16. The van der Waals surface area contributed by atoms with E-state index in [0.29, 0.717) is 12.3 Å². The van der Waals surface area contributed by atoms with Crippen molar-refractivity contribution in [1.29, 1.82) is 5.26 Å². The van der Waals surface area contributed by atoms with Crippen LogP contribution in [0.15, 0.2) is 47.5 Å². The van der Waals surface area contributed by atoms with Gasteiger partial charge in [0.15, 0.2) is 11.7 Å². The number of Topliss-reactive ketones (excluding diaryl/α,β-unsaturated/α-hetero) is 1. The molecule has 0 aliphatic rings. The second kappa shape index (κ2) is 7.37. The maximum atomic E-state index is 12.5. The van der Waals surface area contributed by atoms with Crippen molar-refractivity contribution in [2.24, 2.45) is 0 Å². The molecule has 1 heterocycles. The van der Waals surface area contributed by atoms with Gasteiger partial charge in [-0.15, -0.1) is 0 Å². The predicted octanol–water partition coefficient (Wildman–Crippen LogP) is 5.20. The molecule has 1 atom stereocenters. The monoisotopic (exact) mass is 390 g/mol. The summed E-state index contributed by atoms with van der Waals surface area (Å²) in [7, 11) is 0. The van der Waals surface area contributed by atoms with Crippen LogP contribution in [-0.2, 0) is 6.18 Å². The molecule has 0 N–H and O–H groups in total. The molecule has 2 aromatic rings. The average molecular weight is 390 g/mol. The van der Waals surface area contributed by atoms with Crippen molar-refractivity contribution in [3.63, 3.8) is 0 Å². The van der Waals surface area contributed by atoms with Gasteiger partial charge in [0.25, 0.3) is 0 Å². The zero-order valence-electron chi connectivity index (χ0n) is 12.6. The molecule has 10 heteroatoms. The largest absolute Gasteiger partial charge is 0.446 e. The number of nitriles is 1. The molecule has 1 unspecified atom stereocenters. The van der Waals surface area contributed by atoms with Crippen LogP contribution in [0.3, 0.4) is 0 Å². The molecule has 3 nitrogen and oxygen atoms in total. The molecule has 0 amide bonds. The van der Waals surface area contributed by atoms with Gasteiger partial charge in [-0.25, -0.2) is 0 Å². The van der Waals surface area contributed by atoms with Gasteiger partial charge in [0.1, 0.15) is 0 Å². The number of thioether (sulfide) groups is 1. The van der Waals surface area contributed by atoms with E-state index < -0.39 is 28.9 Å². The number of carbonyl (C=O) groups is 1. The van der Waals surface area contributed by atoms with Crippen molar-refractivity contribution in [3.05, 3.63) is 59.4 Å². The lowest BCUT2D eigenvalue weighted by molar-refractivity contribution is -0.137. The number of nitrogens with zero attached hydrogens (tertiary/aromatic N) is 2. The molecule has 2 rings (SSSR count). The molecule has 0 aliphatic heterocycles. The van der Waals surface area contributed by atoms with Crippen LogP contribution in [0.25, 0.3) is 0 Å². The van der Waals surface area contributed by atoms with E-state index in [1.165, 1.54) is 0 Å². The predicted molar refractivity (Wildman–Crippen MR) is 80.3 cm³/mol. The number of alkyl halides is 6. The number of hydrogen-bond acceptors (Lipinski definition) is 4. The number of ketones is 1. The van der Waals surface area contributed by atoms with E-state index in [4.69, 9.17) is 5.26 Å². The van der Waals surface area contributed by atoms with Crippen LogP contribution in [0, 0.1) is 11.3 Å². The van der Waals surface area contributed by atoms with Crippen molar-refractivity contribution < 1.29 is 31.1 Å². The minimum absolute atomic E-state index is 0.0511. The van der Waals surface area contributed by atoms with Crippen LogP contribution in [0.5, 0.6) is 0 Å². The number of pyridine rings is 1. The fourth-order valence-corrected chi connectivity index (χ4v) is 2.53. The number of halogens is 6. The van der Waals surface area contributed by atoms with Crippen molar-refractivity contribution in [2.45, 2.75) is 22.5 Å². The first-order chi connectivity index (χ1) is 12.0. The fraction of sp³-hybridized carbons (Fsp3) is 0.188. The topological polar surface area (TPSA) is 53.8 Å². The number of rotatable bonds is 4. The molecular formula is C16H8F6N2OS. The van der Waals surface area contributed by atoms with Gasteiger partial charge in [0, 0.05) is 16.7 Å². The molecule has 26 heavy (non-hydrogen) atoms. The maximum Gasteiger partial charge on any atom is 0.446 e. The Balaban J connectivity index is 2.22. The summed E-state index contributed by atoms with van der Waals surface area (Å²) in [6.07, 6.45) is -4.10. The van der Waals surface area contributed by atoms with Crippen LogP contribution < -0.4 is 0 Å². The van der Waals surface area contributed by atoms with Gasteiger partial charge in [-0.1, -0.05) is 12.1 Å². The summed E-state index contributed by atoms with van der Waals surface area (Å²) in [6.45, 7) is 0. The average Bonchev–Trinajstić information content (AvgIpc) is 2.54. The van der Waals surface area contributed by atoms with Gasteiger partial charge in [-0.05, 0) is 36.0 Å². The quantitative estimate of drug-likeness (QED) is 0.409. The molecule has 0 saturated carbocycles. The Morgan fingerprint density at radius 2 is 1.65 bits per heavy atom. The first-order valence-corrected chi connectivity index (χ1v) is 7.65. The minimum atomic E-state index is -4.61. The van der Waals surface area contributed by atoms with Crippen molar-refractivity contribution in [3.8, 4) is 6.07 Å². The van der Waals surface area contributed by atoms with E-state index in [1.807, 2.05) is 0 Å². The lowest BCUT2D eigenvalue weighted by atomic mass is 9.95. The van der Waals surface area contributed by atoms with E-state index in [9.17, 15) is 31.1 Å². The van der Waals surface area contributed by atoms with E-state index in [2.05, 4.69) is 4.98 Å². The van der Waals surface area contributed by atoms with Gasteiger partial charge in [-0.2, -0.15) is 31.6 Å². The molecule has 0 spiro atoms. The fourth-order valence-electron chi connectivity index (χ4n) is 1.99. The molecular weight excluding hydrogens is 382 g/mol. The molecule has 1 aromatic carbocycles. The maximum absolute atomic E-state index is 12.5. The van der Waals surface area contributed by atoms with E-state index >= 15 is 0 Å². The smallest absolute Gasteiger partial charge is 0.292 e. The molecule has 136 valence electrons. The molecule has 0 bridgehead atoms. The second-order valence-corrected chi connectivity index (χ2v) is 6.11. The highest BCUT2D eigenvalue weighted by Gasteiger charge is 2.32. The number of aromatic nitrogens is 1. The number of carbonyl (C=O) groups excluding carboxylic acids is 1. The normalized spacial score (nSPS) is 13.1. The number of hydrogen-bond donors (Lipinski definition) is 0. The Labute approximate surface area is 147 Å².